The molecule has 2 saturated heterocycles. The van der Waals surface area contributed by atoms with E-state index in [1.165, 1.54) is 0 Å². The number of ether oxygens (including phenoxy) is 2. The Morgan fingerprint density at radius 2 is 1.00 bits per heavy atom. The van der Waals surface area contributed by atoms with Crippen molar-refractivity contribution < 1.29 is 28.7 Å². The molecule has 0 bridgehead atoms. The van der Waals surface area contributed by atoms with Crippen molar-refractivity contribution >= 4 is 57.5 Å². The van der Waals surface area contributed by atoms with Crippen LogP contribution in [0.15, 0.2) is 97.3 Å². The SMILES string of the molecule is CN(CCOc1ccc(CC2SC(=O)NC2=O)cc1)c1ccccn1.CN(CCOc1ccc(CC2SC(=O)NC2=O)cc1)c1ccccn1. The summed E-state index contributed by atoms with van der Waals surface area (Å²) in [5.41, 5.74) is 2.00. The molecule has 4 amide bonds. The Kier molecular flexibility index (Phi) is 13.1. The van der Waals surface area contributed by atoms with E-state index >= 15 is 0 Å². The zero-order chi connectivity index (χ0) is 35.3. The number of imide groups is 2. The molecule has 2 N–H and O–H groups in total. The van der Waals surface area contributed by atoms with Crippen LogP contribution in [0.1, 0.15) is 11.1 Å². The maximum absolute atomic E-state index is 11.6. The van der Waals surface area contributed by atoms with Crippen LogP contribution in [-0.2, 0) is 22.4 Å². The quantitative estimate of drug-likeness (QED) is 0.182. The van der Waals surface area contributed by atoms with E-state index in [2.05, 4.69) is 20.6 Å². The van der Waals surface area contributed by atoms with Crippen LogP contribution in [0.2, 0.25) is 0 Å². The number of amides is 4. The molecule has 0 aliphatic carbocycles. The summed E-state index contributed by atoms with van der Waals surface area (Å²) in [7, 11) is 3.95. The van der Waals surface area contributed by atoms with E-state index in [0.717, 1.165) is 70.9 Å². The van der Waals surface area contributed by atoms with Crippen LogP contribution in [0.5, 0.6) is 11.5 Å². The molecular formula is C36H38N6O6S2. The number of thioether (sulfide) groups is 2. The summed E-state index contributed by atoms with van der Waals surface area (Å²) in [5.74, 6) is 2.93. The number of carbonyl (C=O) groups excluding carboxylic acids is 4. The molecule has 0 spiro atoms. The van der Waals surface area contributed by atoms with E-state index < -0.39 is 0 Å². The summed E-state index contributed by atoms with van der Waals surface area (Å²) in [6.07, 6.45) is 4.60. The second kappa shape index (κ2) is 18.1. The fourth-order valence-corrected chi connectivity index (χ4v) is 6.64. The number of carbonyl (C=O) groups is 4. The predicted molar refractivity (Wildman–Crippen MR) is 196 cm³/mol. The summed E-state index contributed by atoms with van der Waals surface area (Å²) in [6.45, 7) is 2.53. The summed E-state index contributed by atoms with van der Waals surface area (Å²) >= 11 is 2.09. The van der Waals surface area contributed by atoms with Gasteiger partial charge in [0.15, 0.2) is 0 Å². The summed E-state index contributed by atoms with van der Waals surface area (Å²) in [4.78, 5) is 58.2. The minimum Gasteiger partial charge on any atom is -0.492 e. The highest BCUT2D eigenvalue weighted by molar-refractivity contribution is 8.15. The highest BCUT2D eigenvalue weighted by Gasteiger charge is 2.32. The van der Waals surface area contributed by atoms with Gasteiger partial charge in [-0.15, -0.1) is 0 Å². The Morgan fingerprint density at radius 3 is 1.32 bits per heavy atom. The first-order chi connectivity index (χ1) is 24.2. The molecule has 2 aromatic heterocycles. The Labute approximate surface area is 299 Å². The highest BCUT2D eigenvalue weighted by atomic mass is 32.2. The summed E-state index contributed by atoms with van der Waals surface area (Å²) < 4.78 is 11.5. The minimum atomic E-state index is -0.341. The Bertz CT molecular complexity index is 1600. The van der Waals surface area contributed by atoms with Crippen molar-refractivity contribution in [1.29, 1.82) is 0 Å². The molecule has 14 heteroatoms. The number of hydrogen-bond acceptors (Lipinski definition) is 12. The van der Waals surface area contributed by atoms with Crippen LogP contribution in [-0.4, -0.2) is 83.2 Å². The number of likely N-dealkylation sites (N-methyl/N-ethyl adjacent to an activating group) is 2. The van der Waals surface area contributed by atoms with Crippen LogP contribution < -0.4 is 29.9 Å². The molecule has 4 heterocycles. The third kappa shape index (κ3) is 11.0. The molecular weight excluding hydrogens is 677 g/mol. The molecule has 0 saturated carbocycles. The van der Waals surface area contributed by atoms with Crippen molar-refractivity contribution in [3.63, 3.8) is 0 Å². The fourth-order valence-electron chi connectivity index (χ4n) is 4.92. The number of rotatable bonds is 14. The van der Waals surface area contributed by atoms with Crippen molar-refractivity contribution in [1.82, 2.24) is 20.6 Å². The third-order valence-electron chi connectivity index (χ3n) is 7.69. The molecule has 12 nitrogen and oxygen atoms in total. The smallest absolute Gasteiger partial charge is 0.286 e. The Morgan fingerprint density at radius 1 is 0.600 bits per heavy atom. The van der Waals surface area contributed by atoms with E-state index in [1.807, 2.05) is 109 Å². The van der Waals surface area contributed by atoms with Gasteiger partial charge in [-0.1, -0.05) is 59.9 Å². The standard InChI is InChI=1S/2C18H19N3O3S/c2*1-21(16-4-2-3-9-19-16)10-11-24-14-7-5-13(6-8-14)12-15-17(22)20-18(23)25-15/h2*2-9,15H,10-12H2,1H3,(H,20,22,23). The van der Waals surface area contributed by atoms with Crippen LogP contribution in [0.4, 0.5) is 21.2 Å². The lowest BCUT2D eigenvalue weighted by atomic mass is 10.1. The van der Waals surface area contributed by atoms with Gasteiger partial charge in [-0.05, 0) is 72.5 Å². The zero-order valence-corrected chi connectivity index (χ0v) is 29.3. The van der Waals surface area contributed by atoms with Gasteiger partial charge >= 0.3 is 0 Å². The molecule has 6 rings (SSSR count). The maximum Gasteiger partial charge on any atom is 0.286 e. The second-order valence-electron chi connectivity index (χ2n) is 11.4. The molecule has 2 aliphatic heterocycles. The molecule has 2 unspecified atom stereocenters. The normalized spacial score (nSPS) is 16.6. The van der Waals surface area contributed by atoms with Gasteiger partial charge in [-0.25, -0.2) is 9.97 Å². The van der Waals surface area contributed by atoms with Gasteiger partial charge in [0.1, 0.15) is 36.3 Å². The van der Waals surface area contributed by atoms with Gasteiger partial charge in [0, 0.05) is 26.5 Å². The molecule has 260 valence electrons. The summed E-state index contributed by atoms with van der Waals surface area (Å²) in [5, 5.41) is 3.38. The molecule has 2 atom stereocenters. The van der Waals surface area contributed by atoms with Crippen molar-refractivity contribution in [3.8, 4) is 11.5 Å². The molecule has 2 fully saturated rings. The Balaban J connectivity index is 0.000000194. The number of anilines is 2. The van der Waals surface area contributed by atoms with Crippen molar-refractivity contribution in [2.24, 2.45) is 0 Å². The van der Waals surface area contributed by atoms with E-state index in [4.69, 9.17) is 9.47 Å². The van der Waals surface area contributed by atoms with Crippen LogP contribution in [0, 0.1) is 0 Å². The monoisotopic (exact) mass is 714 g/mol. The molecule has 2 aliphatic rings. The number of pyridine rings is 2. The van der Waals surface area contributed by atoms with E-state index in [0.29, 0.717) is 26.1 Å². The topological polar surface area (TPSA) is 143 Å². The first-order valence-corrected chi connectivity index (χ1v) is 17.7. The van der Waals surface area contributed by atoms with Crippen LogP contribution >= 0.6 is 23.5 Å². The highest BCUT2D eigenvalue weighted by Crippen LogP contribution is 2.25. The van der Waals surface area contributed by atoms with Gasteiger partial charge in [0.25, 0.3) is 10.5 Å². The van der Waals surface area contributed by atoms with Crippen molar-refractivity contribution in [2.75, 3.05) is 50.2 Å². The first kappa shape index (κ1) is 36.2. The number of nitrogens with one attached hydrogen (secondary N) is 2. The first-order valence-electron chi connectivity index (χ1n) is 15.9. The van der Waals surface area contributed by atoms with E-state index in [1.54, 1.807) is 12.4 Å². The average molecular weight is 715 g/mol. The fraction of sp³-hybridized carbons (Fsp3) is 0.278. The van der Waals surface area contributed by atoms with Gasteiger partial charge in [0.05, 0.1) is 23.6 Å². The van der Waals surface area contributed by atoms with Gasteiger partial charge in [0.2, 0.25) is 11.8 Å². The van der Waals surface area contributed by atoms with E-state index in [9.17, 15) is 19.2 Å². The number of nitrogens with zero attached hydrogens (tertiary/aromatic N) is 4. The van der Waals surface area contributed by atoms with Crippen molar-refractivity contribution in [2.45, 2.75) is 23.3 Å². The van der Waals surface area contributed by atoms with Gasteiger partial charge in [-0.2, -0.15) is 0 Å². The van der Waals surface area contributed by atoms with Gasteiger partial charge in [-0.3, -0.25) is 29.8 Å². The maximum atomic E-state index is 11.6. The summed E-state index contributed by atoms with van der Waals surface area (Å²) in [6, 6.07) is 26.8. The van der Waals surface area contributed by atoms with Crippen LogP contribution in [0.25, 0.3) is 0 Å². The lowest BCUT2D eigenvalue weighted by molar-refractivity contribution is -0.119. The lowest BCUT2D eigenvalue weighted by Crippen LogP contribution is -2.25. The van der Waals surface area contributed by atoms with Crippen molar-refractivity contribution in [3.05, 3.63) is 108 Å². The number of aromatic nitrogens is 2. The van der Waals surface area contributed by atoms with Gasteiger partial charge < -0.3 is 19.3 Å². The lowest BCUT2D eigenvalue weighted by Gasteiger charge is -2.18. The largest absolute Gasteiger partial charge is 0.492 e. The molecule has 50 heavy (non-hydrogen) atoms. The third-order valence-corrected chi connectivity index (χ3v) is 9.66. The minimum absolute atomic E-state index is 0.215. The molecule has 0 radical (unpaired) electrons. The molecule has 4 aromatic rings. The molecule has 2 aromatic carbocycles. The number of hydrogen-bond donors (Lipinski definition) is 2. The van der Waals surface area contributed by atoms with E-state index in [-0.39, 0.29) is 32.8 Å². The second-order valence-corrected chi connectivity index (χ2v) is 13.7. The Hall–Kier alpha value is -5.08. The average Bonchev–Trinajstić information content (AvgIpc) is 3.63. The zero-order valence-electron chi connectivity index (χ0n) is 27.7. The predicted octanol–water partition coefficient (Wildman–Crippen LogP) is 4.98. The number of benzene rings is 2. The van der Waals surface area contributed by atoms with Crippen LogP contribution in [0.3, 0.4) is 0 Å².